The molecule has 2 aromatic rings. The molecule has 0 fully saturated rings. The van der Waals surface area contributed by atoms with Gasteiger partial charge in [0.2, 0.25) is 11.4 Å². The van der Waals surface area contributed by atoms with Crippen molar-refractivity contribution in [3.63, 3.8) is 0 Å². The number of benzene rings is 2. The van der Waals surface area contributed by atoms with Crippen LogP contribution in [0.5, 0.6) is 0 Å². The van der Waals surface area contributed by atoms with Gasteiger partial charge < -0.3 is 5.53 Å². The van der Waals surface area contributed by atoms with Gasteiger partial charge in [-0.3, -0.25) is 0 Å². The minimum absolute atomic E-state index is 0.966. The number of rotatable bonds is 24. The van der Waals surface area contributed by atoms with Crippen LogP contribution < -0.4 is 0 Å². The first kappa shape index (κ1) is 44.3. The summed E-state index contributed by atoms with van der Waals surface area (Å²) in [6.07, 6.45) is 27.2. The quantitative estimate of drug-likeness (QED) is 0.0577. The monoisotopic (exact) mass is 775 g/mol. The van der Waals surface area contributed by atoms with Crippen molar-refractivity contribution in [1.82, 2.24) is 0 Å². The van der Waals surface area contributed by atoms with Crippen LogP contribution in [0.25, 0.3) is 16.9 Å². The van der Waals surface area contributed by atoms with E-state index in [4.69, 9.17) is 0 Å². The fraction of sp³-hybridized carbons (Fsp3) is 0.660. The van der Waals surface area contributed by atoms with Gasteiger partial charge in [0.1, 0.15) is 0 Å². The molecule has 0 bridgehead atoms. The maximum atomic E-state index is 12.0. The molecule has 2 aromatic carbocycles. The Labute approximate surface area is 319 Å². The molecule has 0 saturated carbocycles. The molecule has 3 heteroatoms. The molecule has 1 aliphatic heterocycles. The van der Waals surface area contributed by atoms with E-state index in [0.29, 0.717) is 0 Å². The summed E-state index contributed by atoms with van der Waals surface area (Å²) in [5.74, 6) is 0. The molecule has 0 unspecified atom stereocenters. The van der Waals surface area contributed by atoms with Crippen LogP contribution in [-0.4, -0.2) is 4.70 Å². The third-order valence-corrected chi connectivity index (χ3v) is 12.0. The Morgan fingerprint density at radius 3 is 1.38 bits per heavy atom. The second-order valence-electron chi connectivity index (χ2n) is 14.6. The van der Waals surface area contributed by atoms with Gasteiger partial charge in [-0.1, -0.05) is 105 Å². The second kappa shape index (κ2) is 26.0. The van der Waals surface area contributed by atoms with Gasteiger partial charge in [0.25, 0.3) is 0 Å². The van der Waals surface area contributed by atoms with E-state index in [9.17, 15) is 5.53 Å². The number of aryl methyl sites for hydroxylation is 4. The van der Waals surface area contributed by atoms with Crippen LogP contribution in [0.15, 0.2) is 35.9 Å². The molecular weight excluding hydrogens is 699 g/mol. The van der Waals surface area contributed by atoms with E-state index in [1.54, 1.807) is 21.4 Å². The zero-order valence-electron chi connectivity index (χ0n) is 34.2. The fourth-order valence-electron chi connectivity index (χ4n) is 7.25. The van der Waals surface area contributed by atoms with Gasteiger partial charge in [0.05, 0.1) is 0 Å². The van der Waals surface area contributed by atoms with Gasteiger partial charge in [-0.25, -0.2) is 4.70 Å². The van der Waals surface area contributed by atoms with E-state index >= 15 is 0 Å². The van der Waals surface area contributed by atoms with Gasteiger partial charge in [0.15, 0.2) is 0 Å². The van der Waals surface area contributed by atoms with Gasteiger partial charge in [-0.05, 0) is 130 Å². The average molecular weight is 776 g/mol. The zero-order chi connectivity index (χ0) is 36.7. The zero-order valence-corrected chi connectivity index (χ0v) is 35.7. The summed E-state index contributed by atoms with van der Waals surface area (Å²) in [6, 6.07) is 9.49. The van der Waals surface area contributed by atoms with Crippen molar-refractivity contribution in [3.05, 3.63) is 86.0 Å². The Bertz CT molecular complexity index is 1290. The van der Waals surface area contributed by atoms with Crippen LogP contribution in [-0.2, 0) is 37.2 Å². The molecule has 0 spiro atoms. The van der Waals surface area contributed by atoms with Crippen molar-refractivity contribution in [2.24, 2.45) is 0 Å². The van der Waals surface area contributed by atoms with Crippen LogP contribution in [0, 0.1) is 20.8 Å². The number of allylic oxidation sites excluding steroid dienone is 2. The topological polar surface area (TPSA) is 25.3 Å². The standard InChI is InChI=1S/C43H66N2.2C2H5.Pd/c1-8-12-16-20-24-36-30-39(31-37(25-21-17-13-9-2)41(36)27-23-19-15-11-4)42-32-38(26-22-18-14-10-3)43(45(42)44)40-28-33(5)35(7)34(6)29-40;2*1-2;/h28-32H,8-27H2,1-7H3;2*1H2,2H3;. The number of nitrogens with zero attached hydrogens (tertiary/aromatic N) is 2. The summed E-state index contributed by atoms with van der Waals surface area (Å²) in [5.41, 5.74) is 26.2. The van der Waals surface area contributed by atoms with Crippen molar-refractivity contribution in [2.75, 3.05) is 0 Å². The molecule has 0 amide bonds. The summed E-state index contributed by atoms with van der Waals surface area (Å²) in [5, 5.41) is 0. The summed E-state index contributed by atoms with van der Waals surface area (Å²) in [4.78, 5) is 2.79. The minimum atomic E-state index is 0.966. The first-order valence-electron chi connectivity index (χ1n) is 20.9. The van der Waals surface area contributed by atoms with Crippen LogP contribution in [0.3, 0.4) is 0 Å². The van der Waals surface area contributed by atoms with E-state index in [1.807, 2.05) is 0 Å². The van der Waals surface area contributed by atoms with Gasteiger partial charge >= 0.3 is 41.6 Å². The number of hydrogen-bond acceptors (Lipinski definition) is 0. The number of unbranched alkanes of at least 4 members (excludes halogenated alkanes) is 12. The maximum absolute atomic E-state index is 12.0. The summed E-state index contributed by atoms with van der Waals surface area (Å²) in [7, 11) is 0. The summed E-state index contributed by atoms with van der Waals surface area (Å²) in [6.45, 7) is 20.3. The molecule has 284 valence electrons. The van der Waals surface area contributed by atoms with Crippen LogP contribution in [0.1, 0.15) is 195 Å². The molecule has 1 heterocycles. The predicted molar refractivity (Wildman–Crippen MR) is 219 cm³/mol. The Hall–Kier alpha value is -1.82. The second-order valence-corrected chi connectivity index (χ2v) is 17.5. The molecule has 0 aromatic heterocycles. The Balaban J connectivity index is 0.00000161. The van der Waals surface area contributed by atoms with E-state index < -0.39 is 0 Å². The Morgan fingerprint density at radius 2 is 0.960 bits per heavy atom. The van der Waals surface area contributed by atoms with Crippen molar-refractivity contribution in [2.45, 2.75) is 201 Å². The SMILES string of the molecule is CCCCCCC1=C(c2cc(C)c(C)c(C)c2)[N+](=[N-])C(c2cc(CCCCCC)c(CCCCCC)c(CCCCCC)c2)=C1.C[CH2][Pd][CH2]C. The molecule has 3 rings (SSSR count). The molecule has 50 heavy (non-hydrogen) atoms. The van der Waals surface area contributed by atoms with Gasteiger partial charge in [-0.15, -0.1) is 0 Å². The van der Waals surface area contributed by atoms with E-state index in [0.717, 1.165) is 60.6 Å². The Kier molecular flexibility index (Phi) is 23.1. The van der Waals surface area contributed by atoms with Crippen LogP contribution in [0.4, 0.5) is 0 Å². The molecule has 0 saturated heterocycles. The molecule has 0 atom stereocenters. The molecule has 0 radical (unpaired) electrons. The van der Waals surface area contributed by atoms with E-state index in [-0.39, 0.29) is 0 Å². The van der Waals surface area contributed by atoms with E-state index in [2.05, 4.69) is 92.7 Å². The molecular formula is C47H76N2Pd. The van der Waals surface area contributed by atoms with Crippen molar-refractivity contribution in [1.29, 1.82) is 0 Å². The predicted octanol–water partition coefficient (Wildman–Crippen LogP) is 15.7. The van der Waals surface area contributed by atoms with Crippen molar-refractivity contribution < 1.29 is 22.7 Å². The third kappa shape index (κ3) is 14.7. The van der Waals surface area contributed by atoms with Gasteiger partial charge in [0, 0.05) is 22.8 Å². The summed E-state index contributed by atoms with van der Waals surface area (Å²) >= 11 is 1.04. The summed E-state index contributed by atoms with van der Waals surface area (Å²) < 4.78 is 1.55. The first-order valence-corrected chi connectivity index (χ1v) is 23.1. The normalized spacial score (nSPS) is 12.9. The average Bonchev–Trinajstić information content (AvgIpc) is 3.44. The third-order valence-electron chi connectivity index (χ3n) is 10.5. The van der Waals surface area contributed by atoms with Crippen LogP contribution in [0.2, 0.25) is 9.79 Å². The fourth-order valence-corrected chi connectivity index (χ4v) is 8.03. The molecule has 0 N–H and O–H groups in total. The van der Waals surface area contributed by atoms with Gasteiger partial charge in [-0.2, -0.15) is 0 Å². The van der Waals surface area contributed by atoms with Crippen molar-refractivity contribution in [3.8, 4) is 0 Å². The van der Waals surface area contributed by atoms with E-state index in [1.165, 1.54) is 140 Å². The van der Waals surface area contributed by atoms with Crippen LogP contribution >= 0.6 is 0 Å². The number of hydrogen-bond donors (Lipinski definition) is 0. The first-order chi connectivity index (χ1) is 24.3. The Morgan fingerprint density at radius 1 is 0.520 bits per heavy atom. The van der Waals surface area contributed by atoms with Crippen molar-refractivity contribution >= 4 is 11.4 Å². The molecule has 2 nitrogen and oxygen atoms in total. The molecule has 1 aliphatic rings. The molecule has 0 aliphatic carbocycles.